The molecule has 0 heterocycles. The predicted octanol–water partition coefficient (Wildman–Crippen LogP) is 0.161. The maximum atomic E-state index is 13.9. The summed E-state index contributed by atoms with van der Waals surface area (Å²) in [6, 6.07) is 2.79. The molecule has 6 atom stereocenters. The van der Waals surface area contributed by atoms with Crippen molar-refractivity contribution in [2.45, 2.75) is 68.9 Å². The van der Waals surface area contributed by atoms with Crippen molar-refractivity contribution >= 4 is 23.2 Å². The molecule has 0 spiro atoms. The van der Waals surface area contributed by atoms with E-state index in [0.29, 0.717) is 24.6 Å². The first kappa shape index (κ1) is 25.8. The molecule has 37 heavy (non-hydrogen) atoms. The van der Waals surface area contributed by atoms with Crippen LogP contribution < -0.4 is 11.1 Å². The van der Waals surface area contributed by atoms with E-state index >= 15 is 0 Å². The third-order valence-electron chi connectivity index (χ3n) is 9.01. The van der Waals surface area contributed by atoms with Crippen LogP contribution in [0.25, 0.3) is 5.76 Å². The van der Waals surface area contributed by atoms with Gasteiger partial charge in [-0.25, -0.2) is 0 Å². The van der Waals surface area contributed by atoms with Crippen LogP contribution in [0.5, 0.6) is 5.75 Å². The molecule has 0 bridgehead atoms. The number of phenolic OH excluding ortho intramolecular Hbond substituents is 1. The van der Waals surface area contributed by atoms with Crippen LogP contribution in [-0.4, -0.2) is 80.7 Å². The molecule has 0 radical (unpaired) electrons. The summed E-state index contributed by atoms with van der Waals surface area (Å²) in [4.78, 5) is 40.9. The highest BCUT2D eigenvalue weighted by molar-refractivity contribution is 6.25. The molecule has 2 unspecified atom stereocenters. The number of phenols is 1. The van der Waals surface area contributed by atoms with E-state index < -0.39 is 58.7 Å². The number of hydrogen-bond donors (Lipinski definition) is 6. The maximum absolute atomic E-state index is 13.9. The second-order valence-electron chi connectivity index (χ2n) is 11.2. The van der Waals surface area contributed by atoms with Gasteiger partial charge in [-0.2, -0.15) is 0 Å². The van der Waals surface area contributed by atoms with E-state index in [4.69, 9.17) is 5.73 Å². The van der Waals surface area contributed by atoms with Gasteiger partial charge < -0.3 is 36.4 Å². The molecule has 0 saturated heterocycles. The highest BCUT2D eigenvalue weighted by Gasteiger charge is 2.67. The molecular formula is C27H35N3O7. The topological polar surface area (TPSA) is 173 Å². The number of aromatic hydroxyl groups is 1. The van der Waals surface area contributed by atoms with Crippen molar-refractivity contribution in [2.24, 2.45) is 23.5 Å². The maximum Gasteiger partial charge on any atom is 0.230 e. The van der Waals surface area contributed by atoms with Gasteiger partial charge in [0.2, 0.25) is 11.7 Å². The Balaban J connectivity index is 1.59. The van der Waals surface area contributed by atoms with E-state index in [-0.39, 0.29) is 23.3 Å². The van der Waals surface area contributed by atoms with Crippen molar-refractivity contribution in [3.05, 3.63) is 34.4 Å². The van der Waals surface area contributed by atoms with Crippen LogP contribution in [0.1, 0.15) is 48.8 Å². The summed E-state index contributed by atoms with van der Waals surface area (Å²) in [5.41, 5.74) is 4.39. The quantitative estimate of drug-likeness (QED) is 0.300. The summed E-state index contributed by atoms with van der Waals surface area (Å²) < 4.78 is 0. The number of nitrogens with zero attached hydrogens (tertiary/aromatic N) is 1. The zero-order chi connectivity index (χ0) is 26.8. The SMILES string of the molecule is CN(C)[C@H]1C(O)C(C(N)=O)C(=O)[C@]2(O)C(=O)C3=C(O)c4c(O)ccc(CNC5CCCC5)c4C[C@@H]3C[C@H]12. The molecule has 4 aliphatic rings. The number of amides is 1. The van der Waals surface area contributed by atoms with E-state index in [1.54, 1.807) is 19.0 Å². The normalized spacial score (nSPS) is 33.9. The van der Waals surface area contributed by atoms with Gasteiger partial charge in [-0.3, -0.25) is 14.4 Å². The van der Waals surface area contributed by atoms with Crippen molar-refractivity contribution < 1.29 is 34.8 Å². The van der Waals surface area contributed by atoms with Crippen LogP contribution in [0, 0.1) is 17.8 Å². The van der Waals surface area contributed by atoms with Crippen molar-refractivity contribution in [3.63, 3.8) is 0 Å². The standard InChI is InChI=1S/C27H35N3O7/c1-30(2)21-16-10-13-9-15-12(11-29-14-5-3-4-6-14)7-8-17(31)19(15)22(32)18(13)24(34)27(16,37)25(35)20(23(21)33)26(28)36/h7-8,13-14,16,20-21,23,29,31-33,37H,3-6,9-11H2,1-2H3,(H2,28,36)/t13-,16-,20?,21-,23?,27-/m1/s1. The van der Waals surface area contributed by atoms with Crippen molar-refractivity contribution in [3.8, 4) is 5.75 Å². The summed E-state index contributed by atoms with van der Waals surface area (Å²) in [6.07, 6.45) is 3.49. The van der Waals surface area contributed by atoms with Gasteiger partial charge in [0.25, 0.3) is 0 Å². The van der Waals surface area contributed by atoms with E-state index in [1.807, 2.05) is 6.07 Å². The van der Waals surface area contributed by atoms with E-state index in [1.165, 1.54) is 18.9 Å². The minimum atomic E-state index is -2.64. The zero-order valence-electron chi connectivity index (χ0n) is 21.1. The minimum absolute atomic E-state index is 0.114. The average molecular weight is 514 g/mol. The molecule has 4 aliphatic carbocycles. The Hall–Kier alpha value is -2.79. The number of fused-ring (bicyclic) bond motifs is 3. The van der Waals surface area contributed by atoms with E-state index in [9.17, 15) is 34.8 Å². The average Bonchev–Trinajstić information content (AvgIpc) is 3.34. The largest absolute Gasteiger partial charge is 0.507 e. The molecule has 7 N–H and O–H groups in total. The van der Waals surface area contributed by atoms with Gasteiger partial charge in [-0.05, 0) is 62.9 Å². The molecule has 10 heteroatoms. The number of aliphatic hydroxyl groups is 3. The Morgan fingerprint density at radius 1 is 1.19 bits per heavy atom. The number of nitrogens with one attached hydrogen (secondary N) is 1. The van der Waals surface area contributed by atoms with Crippen LogP contribution in [0.4, 0.5) is 0 Å². The zero-order valence-corrected chi connectivity index (χ0v) is 21.1. The molecule has 3 saturated carbocycles. The van der Waals surface area contributed by atoms with Crippen molar-refractivity contribution in [1.82, 2.24) is 10.2 Å². The van der Waals surface area contributed by atoms with Crippen LogP contribution in [-0.2, 0) is 27.3 Å². The minimum Gasteiger partial charge on any atom is -0.507 e. The van der Waals surface area contributed by atoms with Crippen LogP contribution in [0.3, 0.4) is 0 Å². The number of likely N-dealkylation sites (N-methyl/N-ethyl adjacent to an activating group) is 1. The molecule has 1 aromatic carbocycles. The fourth-order valence-corrected chi connectivity index (χ4v) is 7.22. The van der Waals surface area contributed by atoms with Crippen LogP contribution in [0.2, 0.25) is 0 Å². The number of nitrogens with two attached hydrogens (primary N) is 1. The van der Waals surface area contributed by atoms with Crippen molar-refractivity contribution in [2.75, 3.05) is 14.1 Å². The van der Waals surface area contributed by atoms with Crippen molar-refractivity contribution in [1.29, 1.82) is 0 Å². The molecule has 5 rings (SSSR count). The monoisotopic (exact) mass is 513 g/mol. The molecule has 200 valence electrons. The van der Waals surface area contributed by atoms with Gasteiger partial charge in [-0.15, -0.1) is 0 Å². The Bertz CT molecular complexity index is 1190. The number of aliphatic hydroxyl groups excluding tert-OH is 2. The lowest BCUT2D eigenvalue weighted by atomic mass is 9.54. The number of hydrogen-bond acceptors (Lipinski definition) is 9. The second kappa shape index (κ2) is 9.20. The highest BCUT2D eigenvalue weighted by atomic mass is 16.3. The summed E-state index contributed by atoms with van der Waals surface area (Å²) in [5, 5.41) is 48.1. The number of carbonyl (C=O) groups is 3. The Morgan fingerprint density at radius 3 is 2.49 bits per heavy atom. The molecular weight excluding hydrogens is 478 g/mol. The molecule has 0 aliphatic heterocycles. The third kappa shape index (κ3) is 3.80. The van der Waals surface area contributed by atoms with E-state index in [0.717, 1.165) is 18.4 Å². The van der Waals surface area contributed by atoms with Gasteiger partial charge >= 0.3 is 0 Å². The number of primary amides is 1. The Kier molecular flexibility index (Phi) is 6.42. The predicted molar refractivity (Wildman–Crippen MR) is 133 cm³/mol. The number of Topliss-reactive ketones (excluding diaryl/α,β-unsaturated/α-hetero) is 2. The molecule has 0 aromatic heterocycles. The fraction of sp³-hybridized carbons (Fsp3) is 0.593. The molecule has 1 aromatic rings. The van der Waals surface area contributed by atoms with Gasteiger partial charge in [-0.1, -0.05) is 18.9 Å². The molecule has 3 fully saturated rings. The van der Waals surface area contributed by atoms with Gasteiger partial charge in [0.1, 0.15) is 17.4 Å². The Morgan fingerprint density at radius 2 is 1.86 bits per heavy atom. The van der Waals surface area contributed by atoms with Crippen LogP contribution in [0.15, 0.2) is 17.7 Å². The van der Waals surface area contributed by atoms with Gasteiger partial charge in [0.05, 0.1) is 11.7 Å². The summed E-state index contributed by atoms with van der Waals surface area (Å²) in [6.45, 7) is 0.543. The number of rotatable bonds is 5. The van der Waals surface area contributed by atoms with Gasteiger partial charge in [0, 0.05) is 30.1 Å². The lowest BCUT2D eigenvalue weighted by molar-refractivity contribution is -0.184. The number of ketones is 2. The molecule has 10 nitrogen and oxygen atoms in total. The van der Waals surface area contributed by atoms with Crippen LogP contribution >= 0.6 is 0 Å². The summed E-state index contributed by atoms with van der Waals surface area (Å²) in [5.74, 6) is -7.27. The lowest BCUT2D eigenvalue weighted by Gasteiger charge is -2.53. The number of carbonyl (C=O) groups excluding carboxylic acids is 3. The summed E-state index contributed by atoms with van der Waals surface area (Å²) in [7, 11) is 3.27. The Labute approximate surface area is 215 Å². The van der Waals surface area contributed by atoms with E-state index in [2.05, 4.69) is 5.32 Å². The highest BCUT2D eigenvalue weighted by Crippen LogP contribution is 2.52. The molecule has 1 amide bonds. The first-order valence-electron chi connectivity index (χ1n) is 12.9. The van der Waals surface area contributed by atoms with Gasteiger partial charge in [0.15, 0.2) is 11.4 Å². The second-order valence-corrected chi connectivity index (χ2v) is 11.2. The summed E-state index contributed by atoms with van der Waals surface area (Å²) >= 11 is 0. The number of benzene rings is 1. The first-order valence-corrected chi connectivity index (χ1v) is 12.9. The first-order chi connectivity index (χ1) is 17.5. The fourth-order valence-electron chi connectivity index (χ4n) is 7.22. The third-order valence-corrected chi connectivity index (χ3v) is 9.01. The smallest absolute Gasteiger partial charge is 0.230 e. The lowest BCUT2D eigenvalue weighted by Crippen LogP contribution is -2.73.